The quantitative estimate of drug-likeness (QED) is 0.406. The topological polar surface area (TPSA) is 80.9 Å². The van der Waals surface area contributed by atoms with E-state index in [0.29, 0.717) is 5.69 Å². The Morgan fingerprint density at radius 3 is 2.71 bits per heavy atom. The lowest BCUT2D eigenvalue weighted by atomic mass is 9.92. The number of amides is 1. The molecule has 0 atom stereocenters. The molecule has 1 aromatic heterocycles. The minimum absolute atomic E-state index is 0.226. The highest BCUT2D eigenvalue weighted by atomic mass is 16.1. The third kappa shape index (κ3) is 4.31. The van der Waals surface area contributed by atoms with Gasteiger partial charge in [0.25, 0.3) is 0 Å². The first kappa shape index (κ1) is 20.3. The monoisotopic (exact) mass is 408 g/mol. The van der Waals surface area contributed by atoms with Gasteiger partial charge in [-0.3, -0.25) is 4.79 Å². The molecule has 3 N–H and O–H groups in total. The Labute approximate surface area is 181 Å². The third-order valence-corrected chi connectivity index (χ3v) is 5.18. The zero-order chi connectivity index (χ0) is 21.8. The van der Waals surface area contributed by atoms with Crippen molar-refractivity contribution in [2.75, 3.05) is 11.1 Å². The molecule has 0 bridgehead atoms. The van der Waals surface area contributed by atoms with Crippen molar-refractivity contribution in [1.82, 2.24) is 9.97 Å². The number of rotatable bonds is 6. The van der Waals surface area contributed by atoms with Gasteiger partial charge in [-0.2, -0.15) is 0 Å². The second-order valence-corrected chi connectivity index (χ2v) is 7.37. The molecule has 4 rings (SSSR count). The predicted octanol–water partition coefficient (Wildman–Crippen LogP) is 5.62. The summed E-state index contributed by atoms with van der Waals surface area (Å²) in [5.74, 6) is -0.0279. The standard InChI is InChI=1S/C26H24N4O/c1-3-8-17-9-5-6-12-22(17)19-13-20-16-28-26(27)30-25(20)23(15-19)18-10-7-11-21(14-18)29-24(31)4-2/h4-7,9-16H,2-3,8H2,1H3,(H,29,31)(H2,27,28,30). The van der Waals surface area contributed by atoms with E-state index in [1.54, 1.807) is 6.20 Å². The van der Waals surface area contributed by atoms with Crippen LogP contribution in [0.5, 0.6) is 0 Å². The molecule has 0 unspecified atom stereocenters. The second-order valence-electron chi connectivity index (χ2n) is 7.37. The summed E-state index contributed by atoms with van der Waals surface area (Å²) in [6.07, 6.45) is 5.09. The van der Waals surface area contributed by atoms with E-state index in [4.69, 9.17) is 5.73 Å². The summed E-state index contributed by atoms with van der Waals surface area (Å²) < 4.78 is 0. The number of hydrogen-bond donors (Lipinski definition) is 2. The van der Waals surface area contributed by atoms with Crippen molar-refractivity contribution in [2.45, 2.75) is 19.8 Å². The number of fused-ring (bicyclic) bond motifs is 1. The highest BCUT2D eigenvalue weighted by molar-refractivity contribution is 6.01. The van der Waals surface area contributed by atoms with Crippen molar-refractivity contribution in [3.63, 3.8) is 0 Å². The maximum absolute atomic E-state index is 11.8. The zero-order valence-electron chi connectivity index (χ0n) is 17.4. The molecule has 31 heavy (non-hydrogen) atoms. The second kappa shape index (κ2) is 8.79. The summed E-state index contributed by atoms with van der Waals surface area (Å²) in [6.45, 7) is 5.70. The van der Waals surface area contributed by atoms with Crippen LogP contribution in [0.15, 0.2) is 79.5 Å². The van der Waals surface area contributed by atoms with Gasteiger partial charge >= 0.3 is 0 Å². The minimum atomic E-state index is -0.254. The van der Waals surface area contributed by atoms with E-state index in [-0.39, 0.29) is 11.9 Å². The van der Waals surface area contributed by atoms with Crippen molar-refractivity contribution in [2.24, 2.45) is 0 Å². The molecule has 5 heteroatoms. The first-order valence-corrected chi connectivity index (χ1v) is 10.3. The Hall–Kier alpha value is -3.99. The Morgan fingerprint density at radius 1 is 1.06 bits per heavy atom. The predicted molar refractivity (Wildman–Crippen MR) is 128 cm³/mol. The summed E-state index contributed by atoms with van der Waals surface area (Å²) >= 11 is 0. The number of carbonyl (C=O) groups is 1. The Bertz CT molecular complexity index is 1280. The number of nitrogens with two attached hydrogens (primary N) is 1. The van der Waals surface area contributed by atoms with Crippen LogP contribution in [-0.2, 0) is 11.2 Å². The molecule has 5 nitrogen and oxygen atoms in total. The molecular formula is C26H24N4O. The Kier molecular flexibility index (Phi) is 5.76. The molecule has 0 aliphatic rings. The molecule has 0 aliphatic heterocycles. The van der Waals surface area contributed by atoms with Gasteiger partial charge in [-0.15, -0.1) is 0 Å². The molecular weight excluding hydrogens is 384 g/mol. The maximum Gasteiger partial charge on any atom is 0.247 e. The summed E-state index contributed by atoms with van der Waals surface area (Å²) in [5, 5.41) is 3.73. The number of anilines is 2. The van der Waals surface area contributed by atoms with E-state index in [1.807, 2.05) is 24.3 Å². The normalized spacial score (nSPS) is 10.7. The maximum atomic E-state index is 11.8. The van der Waals surface area contributed by atoms with Gasteiger partial charge in [-0.25, -0.2) is 9.97 Å². The van der Waals surface area contributed by atoms with Crippen LogP contribution in [0.2, 0.25) is 0 Å². The van der Waals surface area contributed by atoms with Crippen molar-refractivity contribution < 1.29 is 4.79 Å². The van der Waals surface area contributed by atoms with Gasteiger partial charge in [-0.05, 0) is 59.0 Å². The summed E-state index contributed by atoms with van der Waals surface area (Å²) in [7, 11) is 0. The first-order valence-electron chi connectivity index (χ1n) is 10.3. The Balaban J connectivity index is 1.93. The van der Waals surface area contributed by atoms with Gasteiger partial charge in [0.1, 0.15) is 0 Å². The van der Waals surface area contributed by atoms with Gasteiger partial charge in [-0.1, -0.05) is 56.3 Å². The fraction of sp³-hybridized carbons (Fsp3) is 0.115. The number of aryl methyl sites for hydroxylation is 1. The minimum Gasteiger partial charge on any atom is -0.368 e. The van der Waals surface area contributed by atoms with E-state index in [2.05, 4.69) is 65.2 Å². The largest absolute Gasteiger partial charge is 0.368 e. The number of aromatic nitrogens is 2. The van der Waals surface area contributed by atoms with Crippen LogP contribution < -0.4 is 11.1 Å². The molecule has 0 saturated heterocycles. The average Bonchev–Trinajstić information content (AvgIpc) is 2.79. The molecule has 1 heterocycles. The van der Waals surface area contributed by atoms with Gasteiger partial charge in [0, 0.05) is 22.8 Å². The van der Waals surface area contributed by atoms with E-state index >= 15 is 0 Å². The lowest BCUT2D eigenvalue weighted by Crippen LogP contribution is -2.07. The van der Waals surface area contributed by atoms with Crippen molar-refractivity contribution >= 4 is 28.4 Å². The summed E-state index contributed by atoms with van der Waals surface area (Å²) in [6, 6.07) is 20.4. The van der Waals surface area contributed by atoms with Crippen LogP contribution in [0, 0.1) is 0 Å². The number of carbonyl (C=O) groups excluding carboxylic acids is 1. The lowest BCUT2D eigenvalue weighted by molar-refractivity contribution is -0.111. The highest BCUT2D eigenvalue weighted by Crippen LogP contribution is 2.35. The van der Waals surface area contributed by atoms with Crippen LogP contribution in [0.1, 0.15) is 18.9 Å². The van der Waals surface area contributed by atoms with Gasteiger partial charge in [0.15, 0.2) is 0 Å². The number of nitrogens with one attached hydrogen (secondary N) is 1. The highest BCUT2D eigenvalue weighted by Gasteiger charge is 2.13. The van der Waals surface area contributed by atoms with E-state index < -0.39 is 0 Å². The van der Waals surface area contributed by atoms with Crippen LogP contribution in [0.25, 0.3) is 33.2 Å². The first-order chi connectivity index (χ1) is 15.1. The summed E-state index contributed by atoms with van der Waals surface area (Å²) in [5.41, 5.74) is 12.8. The van der Waals surface area contributed by atoms with Crippen molar-refractivity contribution in [3.8, 4) is 22.3 Å². The number of nitrogens with zero attached hydrogens (tertiary/aromatic N) is 2. The molecule has 0 fully saturated rings. The van der Waals surface area contributed by atoms with Gasteiger partial charge < -0.3 is 11.1 Å². The van der Waals surface area contributed by atoms with Crippen LogP contribution >= 0.6 is 0 Å². The fourth-order valence-electron chi connectivity index (χ4n) is 3.78. The average molecular weight is 409 g/mol. The molecule has 0 aliphatic carbocycles. The van der Waals surface area contributed by atoms with E-state index in [1.165, 1.54) is 17.2 Å². The molecule has 4 aromatic rings. The number of hydrogen-bond acceptors (Lipinski definition) is 4. The number of benzene rings is 3. The molecule has 0 spiro atoms. The van der Waals surface area contributed by atoms with Crippen molar-refractivity contribution in [3.05, 3.63) is 85.1 Å². The van der Waals surface area contributed by atoms with Gasteiger partial charge in [0.2, 0.25) is 11.9 Å². The molecule has 1 amide bonds. The molecule has 0 saturated carbocycles. The zero-order valence-corrected chi connectivity index (χ0v) is 17.4. The number of nitrogen functional groups attached to an aromatic ring is 1. The van der Waals surface area contributed by atoms with Crippen molar-refractivity contribution in [1.29, 1.82) is 0 Å². The van der Waals surface area contributed by atoms with Gasteiger partial charge in [0.05, 0.1) is 5.52 Å². The van der Waals surface area contributed by atoms with E-state index in [9.17, 15) is 4.79 Å². The smallest absolute Gasteiger partial charge is 0.247 e. The lowest BCUT2D eigenvalue weighted by Gasteiger charge is -2.14. The Morgan fingerprint density at radius 2 is 1.90 bits per heavy atom. The molecule has 0 radical (unpaired) electrons. The van der Waals surface area contributed by atoms with Crippen LogP contribution in [-0.4, -0.2) is 15.9 Å². The van der Waals surface area contributed by atoms with Crippen LogP contribution in [0.3, 0.4) is 0 Å². The third-order valence-electron chi connectivity index (χ3n) is 5.18. The molecule has 154 valence electrons. The van der Waals surface area contributed by atoms with Crippen LogP contribution in [0.4, 0.5) is 11.6 Å². The fourth-order valence-corrected chi connectivity index (χ4v) is 3.78. The SMILES string of the molecule is C=CC(=O)Nc1cccc(-c2cc(-c3ccccc3CCC)cc3cnc(N)nc23)c1. The molecule has 3 aromatic carbocycles. The summed E-state index contributed by atoms with van der Waals surface area (Å²) in [4.78, 5) is 20.5. The van der Waals surface area contributed by atoms with E-state index in [0.717, 1.165) is 40.4 Å².